The lowest BCUT2D eigenvalue weighted by Crippen LogP contribution is -2.26. The van der Waals surface area contributed by atoms with E-state index in [1.807, 2.05) is 49.4 Å². The number of hydrogen-bond donors (Lipinski definition) is 0. The highest BCUT2D eigenvalue weighted by atomic mass is 32.1. The molecular weight excluding hydrogens is 330 g/mol. The van der Waals surface area contributed by atoms with Gasteiger partial charge in [-0.25, -0.2) is 4.98 Å². The van der Waals surface area contributed by atoms with Gasteiger partial charge in [0.2, 0.25) is 0 Å². The van der Waals surface area contributed by atoms with Gasteiger partial charge in [-0.05, 0) is 24.6 Å². The minimum absolute atomic E-state index is 0.0560. The number of benzene rings is 2. The lowest BCUT2D eigenvalue weighted by atomic mass is 10.1. The minimum Gasteiger partial charge on any atom is -0.337 e. The van der Waals surface area contributed by atoms with Crippen molar-refractivity contribution < 1.29 is 4.79 Å². The van der Waals surface area contributed by atoms with E-state index in [0.29, 0.717) is 17.0 Å². The van der Waals surface area contributed by atoms with Crippen molar-refractivity contribution in [2.45, 2.75) is 13.5 Å². The zero-order valence-corrected chi connectivity index (χ0v) is 14.9. The van der Waals surface area contributed by atoms with Crippen LogP contribution in [0.5, 0.6) is 0 Å². The molecule has 0 aliphatic carbocycles. The number of carbonyl (C=O) groups excluding carboxylic acids is 1. The van der Waals surface area contributed by atoms with Gasteiger partial charge >= 0.3 is 0 Å². The Morgan fingerprint density at radius 1 is 1.20 bits per heavy atom. The first-order chi connectivity index (χ1) is 12.1. The predicted octanol–water partition coefficient (Wildman–Crippen LogP) is 4.26. The first-order valence-corrected chi connectivity index (χ1v) is 8.67. The molecule has 0 fully saturated rings. The van der Waals surface area contributed by atoms with Crippen molar-refractivity contribution in [2.75, 3.05) is 7.05 Å². The topological polar surface area (TPSA) is 57.0 Å². The number of rotatable bonds is 4. The van der Waals surface area contributed by atoms with Gasteiger partial charge in [0.25, 0.3) is 5.91 Å². The first kappa shape index (κ1) is 16.9. The Morgan fingerprint density at radius 2 is 1.96 bits per heavy atom. The summed E-state index contributed by atoms with van der Waals surface area (Å²) in [5.74, 6) is -0.0560. The van der Waals surface area contributed by atoms with Crippen LogP contribution in [-0.4, -0.2) is 22.8 Å². The molecule has 0 spiro atoms. The van der Waals surface area contributed by atoms with Gasteiger partial charge in [-0.1, -0.05) is 42.5 Å². The fourth-order valence-electron chi connectivity index (χ4n) is 2.56. The number of aryl methyl sites for hydroxylation is 1. The van der Waals surface area contributed by atoms with Crippen LogP contribution in [0.4, 0.5) is 0 Å². The Bertz CT molecular complexity index is 941. The molecule has 25 heavy (non-hydrogen) atoms. The molecule has 0 aliphatic heterocycles. The number of thiazole rings is 1. The molecule has 2 aromatic carbocycles. The van der Waals surface area contributed by atoms with Crippen LogP contribution in [0.15, 0.2) is 54.6 Å². The molecule has 0 saturated carbocycles. The third-order valence-corrected chi connectivity index (χ3v) is 5.03. The molecule has 0 radical (unpaired) electrons. The zero-order chi connectivity index (χ0) is 17.8. The Labute approximate surface area is 151 Å². The van der Waals surface area contributed by atoms with E-state index < -0.39 is 0 Å². The van der Waals surface area contributed by atoms with E-state index >= 15 is 0 Å². The molecule has 124 valence electrons. The molecule has 3 aromatic rings. The van der Waals surface area contributed by atoms with Crippen molar-refractivity contribution in [3.8, 4) is 16.6 Å². The molecule has 0 atom stereocenters. The molecule has 4 nitrogen and oxygen atoms in total. The van der Waals surface area contributed by atoms with E-state index in [1.165, 1.54) is 11.3 Å². The van der Waals surface area contributed by atoms with Gasteiger partial charge in [0, 0.05) is 19.2 Å². The Morgan fingerprint density at radius 3 is 2.68 bits per heavy atom. The molecule has 0 unspecified atom stereocenters. The smallest absolute Gasteiger partial charge is 0.265 e. The third-order valence-electron chi connectivity index (χ3n) is 3.83. The second-order valence-electron chi connectivity index (χ2n) is 5.77. The van der Waals surface area contributed by atoms with Gasteiger partial charge in [-0.2, -0.15) is 5.26 Å². The van der Waals surface area contributed by atoms with Crippen LogP contribution in [0.25, 0.3) is 10.6 Å². The van der Waals surface area contributed by atoms with Crippen LogP contribution < -0.4 is 0 Å². The molecule has 0 N–H and O–H groups in total. The van der Waals surface area contributed by atoms with Gasteiger partial charge in [-0.15, -0.1) is 11.3 Å². The summed E-state index contributed by atoms with van der Waals surface area (Å²) in [6, 6.07) is 19.3. The summed E-state index contributed by atoms with van der Waals surface area (Å²) in [4.78, 5) is 19.7. The molecular formula is C20H17N3OS. The maximum Gasteiger partial charge on any atom is 0.265 e. The van der Waals surface area contributed by atoms with Crippen LogP contribution in [0.1, 0.15) is 26.5 Å². The summed E-state index contributed by atoms with van der Waals surface area (Å²) in [5.41, 5.74) is 3.28. The lowest BCUT2D eigenvalue weighted by molar-refractivity contribution is 0.0789. The van der Waals surface area contributed by atoms with Crippen molar-refractivity contribution in [1.82, 2.24) is 9.88 Å². The second kappa shape index (κ2) is 7.29. The number of nitriles is 1. The van der Waals surface area contributed by atoms with Crippen LogP contribution in [0.3, 0.4) is 0 Å². The van der Waals surface area contributed by atoms with Crippen molar-refractivity contribution >= 4 is 17.2 Å². The highest BCUT2D eigenvalue weighted by molar-refractivity contribution is 7.17. The van der Waals surface area contributed by atoms with E-state index in [0.717, 1.165) is 21.8 Å². The SMILES string of the molecule is Cc1nc(-c2ccccc2)sc1C(=O)N(C)Cc1cccc(C#N)c1. The third kappa shape index (κ3) is 3.76. The Hall–Kier alpha value is -2.97. The molecule has 1 aromatic heterocycles. The number of aromatic nitrogens is 1. The van der Waals surface area contributed by atoms with Crippen LogP contribution >= 0.6 is 11.3 Å². The average molecular weight is 347 g/mol. The second-order valence-corrected chi connectivity index (χ2v) is 6.77. The van der Waals surface area contributed by atoms with Gasteiger partial charge in [0.15, 0.2) is 0 Å². The summed E-state index contributed by atoms with van der Waals surface area (Å²) in [5, 5.41) is 9.84. The largest absolute Gasteiger partial charge is 0.337 e. The number of hydrogen-bond acceptors (Lipinski definition) is 4. The fraction of sp³-hybridized carbons (Fsp3) is 0.150. The maximum atomic E-state index is 12.8. The standard InChI is InChI=1S/C20H17N3OS/c1-14-18(25-19(22-14)17-9-4-3-5-10-17)20(24)23(2)13-16-8-6-7-15(11-16)12-21/h3-11H,13H2,1-2H3. The Kier molecular flexibility index (Phi) is 4.92. The van der Waals surface area contributed by atoms with Crippen molar-refractivity contribution in [3.63, 3.8) is 0 Å². The quantitative estimate of drug-likeness (QED) is 0.708. The fourth-order valence-corrected chi connectivity index (χ4v) is 3.62. The minimum atomic E-state index is -0.0560. The molecule has 1 amide bonds. The van der Waals surface area contributed by atoms with Gasteiger partial charge < -0.3 is 4.90 Å². The van der Waals surface area contributed by atoms with E-state index in [2.05, 4.69) is 11.1 Å². The summed E-state index contributed by atoms with van der Waals surface area (Å²) >= 11 is 1.41. The molecule has 1 heterocycles. The van der Waals surface area contributed by atoms with Crippen molar-refractivity contribution in [3.05, 3.63) is 76.3 Å². The summed E-state index contributed by atoms with van der Waals surface area (Å²) in [6.45, 7) is 2.31. The number of carbonyl (C=O) groups is 1. The van der Waals surface area contributed by atoms with Gasteiger partial charge in [-0.3, -0.25) is 4.79 Å². The van der Waals surface area contributed by atoms with Crippen molar-refractivity contribution in [1.29, 1.82) is 5.26 Å². The number of nitrogens with zero attached hydrogens (tertiary/aromatic N) is 3. The highest BCUT2D eigenvalue weighted by Gasteiger charge is 2.19. The predicted molar refractivity (Wildman–Crippen MR) is 99.2 cm³/mol. The van der Waals surface area contributed by atoms with E-state index in [4.69, 9.17) is 5.26 Å². The van der Waals surface area contributed by atoms with E-state index in [-0.39, 0.29) is 5.91 Å². The zero-order valence-electron chi connectivity index (χ0n) is 14.1. The highest BCUT2D eigenvalue weighted by Crippen LogP contribution is 2.28. The van der Waals surface area contributed by atoms with Crippen LogP contribution in [0.2, 0.25) is 0 Å². The van der Waals surface area contributed by atoms with E-state index in [1.54, 1.807) is 24.1 Å². The molecule has 0 aliphatic rings. The molecule has 5 heteroatoms. The normalized spacial score (nSPS) is 10.3. The van der Waals surface area contributed by atoms with Gasteiger partial charge in [0.1, 0.15) is 9.88 Å². The average Bonchev–Trinajstić information content (AvgIpc) is 3.03. The summed E-state index contributed by atoms with van der Waals surface area (Å²) in [7, 11) is 1.77. The van der Waals surface area contributed by atoms with Crippen LogP contribution in [-0.2, 0) is 6.54 Å². The maximum absolute atomic E-state index is 12.8. The van der Waals surface area contributed by atoms with E-state index in [9.17, 15) is 4.79 Å². The lowest BCUT2D eigenvalue weighted by Gasteiger charge is -2.16. The van der Waals surface area contributed by atoms with Crippen molar-refractivity contribution in [2.24, 2.45) is 0 Å². The summed E-state index contributed by atoms with van der Waals surface area (Å²) in [6.07, 6.45) is 0. The first-order valence-electron chi connectivity index (χ1n) is 7.86. The molecule has 3 rings (SSSR count). The molecule has 0 saturated heterocycles. The summed E-state index contributed by atoms with van der Waals surface area (Å²) < 4.78 is 0. The monoisotopic (exact) mass is 347 g/mol. The Balaban J connectivity index is 1.81. The number of amides is 1. The molecule has 0 bridgehead atoms. The van der Waals surface area contributed by atoms with Crippen LogP contribution in [0, 0.1) is 18.3 Å². The van der Waals surface area contributed by atoms with Gasteiger partial charge in [0.05, 0.1) is 17.3 Å².